The lowest BCUT2D eigenvalue weighted by Crippen LogP contribution is -2.27. The van der Waals surface area contributed by atoms with E-state index in [1.54, 1.807) is 12.1 Å². The van der Waals surface area contributed by atoms with Crippen molar-refractivity contribution in [3.63, 3.8) is 0 Å². The van der Waals surface area contributed by atoms with Crippen LogP contribution in [0, 0.1) is 0 Å². The number of rotatable bonds is 4. The number of fused-ring (bicyclic) bond motifs is 1. The maximum Gasteiger partial charge on any atom is 0.262 e. The minimum atomic E-state index is -0.237. The number of anilines is 2. The molecule has 108 valence electrons. The summed E-state index contributed by atoms with van der Waals surface area (Å²) in [5.41, 5.74) is 6.66. The number of amides is 2. The van der Waals surface area contributed by atoms with Gasteiger partial charge in [0.25, 0.3) is 5.91 Å². The Hall–Kier alpha value is -1.79. The monoisotopic (exact) mass is 297 g/mol. The Morgan fingerprint density at radius 2 is 2.35 bits per heavy atom. The van der Waals surface area contributed by atoms with Gasteiger partial charge in [0.15, 0.2) is 6.61 Å². The zero-order chi connectivity index (χ0) is 14.7. The molecule has 4 N–H and O–H groups in total. The van der Waals surface area contributed by atoms with Crippen molar-refractivity contribution in [2.75, 3.05) is 17.2 Å². The molecule has 1 aromatic rings. The summed E-state index contributed by atoms with van der Waals surface area (Å²) < 4.78 is 5.27. The SMILES string of the molecule is CCC(N)CC(=O)Nc1cc2c(cc1Cl)NC(=O)CO2. The standard InChI is InChI=1S/C13H16ClN3O3/c1-2-7(15)3-12(18)16-9-5-11-10(4-8(9)14)17-13(19)6-20-11/h4-5,7H,2-3,6,15H2,1H3,(H,16,18)(H,17,19). The lowest BCUT2D eigenvalue weighted by molar-refractivity contribution is -0.119. The molecular weight excluding hydrogens is 282 g/mol. The maximum absolute atomic E-state index is 11.8. The molecule has 1 heterocycles. The molecule has 2 rings (SSSR count). The van der Waals surface area contributed by atoms with Crippen LogP contribution in [0.1, 0.15) is 19.8 Å². The van der Waals surface area contributed by atoms with E-state index < -0.39 is 0 Å². The fourth-order valence-corrected chi connectivity index (χ4v) is 1.99. The Kier molecular flexibility index (Phi) is 4.46. The largest absolute Gasteiger partial charge is 0.482 e. The minimum absolute atomic E-state index is 0.0528. The molecule has 0 saturated carbocycles. The van der Waals surface area contributed by atoms with Gasteiger partial charge in [-0.3, -0.25) is 9.59 Å². The first kappa shape index (κ1) is 14.6. The van der Waals surface area contributed by atoms with Crippen LogP contribution in [0.3, 0.4) is 0 Å². The fraction of sp³-hybridized carbons (Fsp3) is 0.385. The van der Waals surface area contributed by atoms with Crippen LogP contribution in [-0.2, 0) is 9.59 Å². The van der Waals surface area contributed by atoms with Crippen LogP contribution in [0.2, 0.25) is 5.02 Å². The Morgan fingerprint density at radius 1 is 1.60 bits per heavy atom. The molecule has 0 spiro atoms. The molecule has 1 aromatic carbocycles. The molecule has 7 heteroatoms. The van der Waals surface area contributed by atoms with Crippen molar-refractivity contribution in [2.45, 2.75) is 25.8 Å². The van der Waals surface area contributed by atoms with Crippen LogP contribution in [0.5, 0.6) is 5.75 Å². The van der Waals surface area contributed by atoms with Gasteiger partial charge in [-0.25, -0.2) is 0 Å². The van der Waals surface area contributed by atoms with E-state index in [9.17, 15) is 9.59 Å². The summed E-state index contributed by atoms with van der Waals surface area (Å²) in [4.78, 5) is 23.0. The van der Waals surface area contributed by atoms with E-state index >= 15 is 0 Å². The lowest BCUT2D eigenvalue weighted by atomic mass is 10.1. The predicted molar refractivity (Wildman–Crippen MR) is 77.1 cm³/mol. The fourth-order valence-electron chi connectivity index (χ4n) is 1.78. The molecule has 6 nitrogen and oxygen atoms in total. The van der Waals surface area contributed by atoms with Crippen LogP contribution in [0.15, 0.2) is 12.1 Å². The van der Waals surface area contributed by atoms with Gasteiger partial charge in [0.1, 0.15) is 5.75 Å². The van der Waals surface area contributed by atoms with E-state index in [1.165, 1.54) is 0 Å². The van der Waals surface area contributed by atoms with E-state index in [0.29, 0.717) is 22.1 Å². The molecule has 1 atom stereocenters. The summed E-state index contributed by atoms with van der Waals surface area (Å²) in [6.07, 6.45) is 0.946. The van der Waals surface area contributed by atoms with Crippen LogP contribution < -0.4 is 21.1 Å². The molecule has 1 aliphatic rings. The summed E-state index contributed by atoms with van der Waals surface area (Å²) in [5.74, 6) is 0.0319. The second-order valence-electron chi connectivity index (χ2n) is 4.59. The zero-order valence-corrected chi connectivity index (χ0v) is 11.8. The van der Waals surface area contributed by atoms with Gasteiger partial charge in [-0.15, -0.1) is 0 Å². The summed E-state index contributed by atoms with van der Waals surface area (Å²) in [6, 6.07) is 2.96. The number of nitrogens with one attached hydrogen (secondary N) is 2. The quantitative estimate of drug-likeness (QED) is 0.789. The van der Waals surface area contributed by atoms with Gasteiger partial charge in [0, 0.05) is 18.5 Å². The number of halogens is 1. The smallest absolute Gasteiger partial charge is 0.262 e. The van der Waals surface area contributed by atoms with E-state index in [2.05, 4.69) is 10.6 Å². The number of hydrogen-bond acceptors (Lipinski definition) is 4. The van der Waals surface area contributed by atoms with Gasteiger partial charge in [0.05, 0.1) is 16.4 Å². The molecule has 0 aromatic heterocycles. The first-order chi connectivity index (χ1) is 9.49. The van der Waals surface area contributed by atoms with Crippen molar-refractivity contribution < 1.29 is 14.3 Å². The number of nitrogens with two attached hydrogens (primary N) is 1. The molecule has 1 aliphatic heterocycles. The molecule has 0 aliphatic carbocycles. The number of ether oxygens (including phenoxy) is 1. The van der Waals surface area contributed by atoms with E-state index in [0.717, 1.165) is 6.42 Å². The lowest BCUT2D eigenvalue weighted by Gasteiger charge is -2.20. The molecule has 0 fully saturated rings. The number of carbonyl (C=O) groups excluding carboxylic acids is 2. The maximum atomic E-state index is 11.8. The van der Waals surface area contributed by atoms with Gasteiger partial charge in [-0.05, 0) is 12.5 Å². The third-order valence-corrected chi connectivity index (χ3v) is 3.26. The van der Waals surface area contributed by atoms with Crippen LogP contribution in [0.25, 0.3) is 0 Å². The van der Waals surface area contributed by atoms with Crippen molar-refractivity contribution in [1.29, 1.82) is 0 Å². The van der Waals surface area contributed by atoms with E-state index in [-0.39, 0.29) is 30.9 Å². The van der Waals surface area contributed by atoms with Crippen LogP contribution in [0.4, 0.5) is 11.4 Å². The molecule has 20 heavy (non-hydrogen) atoms. The highest BCUT2D eigenvalue weighted by atomic mass is 35.5. The topological polar surface area (TPSA) is 93.5 Å². The highest BCUT2D eigenvalue weighted by molar-refractivity contribution is 6.34. The minimum Gasteiger partial charge on any atom is -0.482 e. The average molecular weight is 298 g/mol. The Balaban J connectivity index is 2.13. The van der Waals surface area contributed by atoms with E-state index in [4.69, 9.17) is 22.1 Å². The first-order valence-corrected chi connectivity index (χ1v) is 6.69. The zero-order valence-electron chi connectivity index (χ0n) is 11.0. The van der Waals surface area contributed by atoms with Gasteiger partial charge < -0.3 is 21.1 Å². The Labute approximate surface area is 121 Å². The van der Waals surface area contributed by atoms with Crippen molar-refractivity contribution in [2.24, 2.45) is 5.73 Å². The predicted octanol–water partition coefficient (Wildman–Crippen LogP) is 1.74. The summed E-state index contributed by atoms with van der Waals surface area (Å²) in [6.45, 7) is 1.86. The third-order valence-electron chi connectivity index (χ3n) is 2.95. The number of hydrogen-bond donors (Lipinski definition) is 3. The third kappa shape index (κ3) is 3.40. The molecule has 1 unspecified atom stereocenters. The summed E-state index contributed by atoms with van der Waals surface area (Å²) in [7, 11) is 0. The molecular formula is C13H16ClN3O3. The van der Waals surface area contributed by atoms with Gasteiger partial charge in [-0.2, -0.15) is 0 Å². The highest BCUT2D eigenvalue weighted by Gasteiger charge is 2.19. The highest BCUT2D eigenvalue weighted by Crippen LogP contribution is 2.36. The van der Waals surface area contributed by atoms with Crippen LogP contribution >= 0.6 is 11.6 Å². The molecule has 0 saturated heterocycles. The normalized spacial score (nSPS) is 14.8. The Morgan fingerprint density at radius 3 is 3.05 bits per heavy atom. The second kappa shape index (κ2) is 6.11. The van der Waals surface area contributed by atoms with E-state index in [1.807, 2.05) is 6.92 Å². The number of benzene rings is 1. The van der Waals surface area contributed by atoms with Crippen molar-refractivity contribution in [1.82, 2.24) is 0 Å². The Bertz CT molecular complexity index is 548. The van der Waals surface area contributed by atoms with Gasteiger partial charge in [0.2, 0.25) is 5.91 Å². The second-order valence-corrected chi connectivity index (χ2v) is 4.99. The molecule has 2 amide bonds. The summed E-state index contributed by atoms with van der Waals surface area (Å²) >= 11 is 6.07. The van der Waals surface area contributed by atoms with Crippen molar-refractivity contribution in [3.05, 3.63) is 17.2 Å². The van der Waals surface area contributed by atoms with Crippen molar-refractivity contribution in [3.8, 4) is 5.75 Å². The van der Waals surface area contributed by atoms with Gasteiger partial charge in [-0.1, -0.05) is 18.5 Å². The van der Waals surface area contributed by atoms with Crippen LogP contribution in [-0.4, -0.2) is 24.5 Å². The van der Waals surface area contributed by atoms with Gasteiger partial charge >= 0.3 is 0 Å². The van der Waals surface area contributed by atoms with Crippen molar-refractivity contribution >= 4 is 34.8 Å². The average Bonchev–Trinajstić information content (AvgIpc) is 2.39. The molecule has 0 bridgehead atoms. The number of carbonyl (C=O) groups is 2. The molecule has 0 radical (unpaired) electrons. The summed E-state index contributed by atoms with van der Waals surface area (Å²) in [5, 5.41) is 5.66. The first-order valence-electron chi connectivity index (χ1n) is 6.31.